The standard InChI is InChI=1S/C12H15Cl2NO3/c1-7(16)15-6-5-10(17)12(18)8-3-2-4-9(13)11(8)14/h2-4,10,12,17-18H,5-6H2,1H3,(H,15,16). The van der Waals surface area contributed by atoms with E-state index < -0.39 is 12.2 Å². The molecule has 0 saturated carbocycles. The Morgan fingerprint density at radius 1 is 1.39 bits per heavy atom. The maximum Gasteiger partial charge on any atom is 0.216 e. The molecule has 1 aromatic carbocycles. The van der Waals surface area contributed by atoms with E-state index in [0.717, 1.165) is 0 Å². The zero-order valence-corrected chi connectivity index (χ0v) is 11.4. The second-order valence-electron chi connectivity index (χ2n) is 3.93. The number of halogens is 2. The summed E-state index contributed by atoms with van der Waals surface area (Å²) in [7, 11) is 0. The molecule has 0 saturated heterocycles. The number of hydrogen-bond donors (Lipinski definition) is 3. The molecule has 0 bridgehead atoms. The van der Waals surface area contributed by atoms with Gasteiger partial charge in [0.15, 0.2) is 0 Å². The number of amides is 1. The largest absolute Gasteiger partial charge is 0.390 e. The van der Waals surface area contributed by atoms with Crippen LogP contribution in [0.4, 0.5) is 0 Å². The lowest BCUT2D eigenvalue weighted by Crippen LogP contribution is -2.27. The van der Waals surface area contributed by atoms with Gasteiger partial charge in [0.25, 0.3) is 0 Å². The van der Waals surface area contributed by atoms with Crippen LogP contribution in [0.2, 0.25) is 10.0 Å². The number of nitrogens with one attached hydrogen (secondary N) is 1. The van der Waals surface area contributed by atoms with Crippen LogP contribution in [0.1, 0.15) is 25.0 Å². The number of aliphatic hydroxyl groups is 2. The van der Waals surface area contributed by atoms with Crippen molar-refractivity contribution in [3.8, 4) is 0 Å². The second-order valence-corrected chi connectivity index (χ2v) is 4.71. The van der Waals surface area contributed by atoms with Gasteiger partial charge in [-0.2, -0.15) is 0 Å². The van der Waals surface area contributed by atoms with Crippen molar-refractivity contribution in [2.45, 2.75) is 25.6 Å². The number of aliphatic hydroxyl groups excluding tert-OH is 2. The van der Waals surface area contributed by atoms with Crippen molar-refractivity contribution < 1.29 is 15.0 Å². The Hall–Kier alpha value is -0.810. The van der Waals surface area contributed by atoms with E-state index in [1.165, 1.54) is 6.92 Å². The first-order chi connectivity index (χ1) is 8.43. The lowest BCUT2D eigenvalue weighted by Gasteiger charge is -2.19. The molecule has 100 valence electrons. The number of carbonyl (C=O) groups is 1. The second kappa shape index (κ2) is 6.95. The van der Waals surface area contributed by atoms with Gasteiger partial charge in [0.05, 0.1) is 16.1 Å². The molecule has 0 aliphatic heterocycles. The minimum Gasteiger partial charge on any atom is -0.390 e. The van der Waals surface area contributed by atoms with Crippen LogP contribution in [0.15, 0.2) is 18.2 Å². The van der Waals surface area contributed by atoms with Gasteiger partial charge in [0, 0.05) is 19.0 Å². The summed E-state index contributed by atoms with van der Waals surface area (Å²) in [6, 6.07) is 4.84. The Balaban J connectivity index is 2.65. The summed E-state index contributed by atoms with van der Waals surface area (Å²) in [5, 5.41) is 22.8. The van der Waals surface area contributed by atoms with Gasteiger partial charge >= 0.3 is 0 Å². The minimum atomic E-state index is -1.13. The summed E-state index contributed by atoms with van der Waals surface area (Å²) in [6.07, 6.45) is -1.93. The molecule has 1 rings (SSSR count). The predicted octanol–water partition coefficient (Wildman–Crippen LogP) is 1.91. The van der Waals surface area contributed by atoms with Crippen molar-refractivity contribution in [3.63, 3.8) is 0 Å². The third-order valence-electron chi connectivity index (χ3n) is 2.48. The maximum atomic E-state index is 10.7. The van der Waals surface area contributed by atoms with E-state index in [2.05, 4.69) is 5.32 Å². The van der Waals surface area contributed by atoms with E-state index in [1.54, 1.807) is 18.2 Å². The Labute approximate surface area is 116 Å². The van der Waals surface area contributed by atoms with Crippen molar-refractivity contribution in [1.29, 1.82) is 0 Å². The highest BCUT2D eigenvalue weighted by atomic mass is 35.5. The number of rotatable bonds is 5. The highest BCUT2D eigenvalue weighted by molar-refractivity contribution is 6.42. The summed E-state index contributed by atoms with van der Waals surface area (Å²) in [6.45, 7) is 1.67. The molecule has 18 heavy (non-hydrogen) atoms. The quantitative estimate of drug-likeness (QED) is 0.776. The first-order valence-corrected chi connectivity index (χ1v) is 6.23. The maximum absolute atomic E-state index is 10.7. The van der Waals surface area contributed by atoms with Gasteiger partial charge in [-0.05, 0) is 12.5 Å². The van der Waals surface area contributed by atoms with Gasteiger partial charge in [-0.25, -0.2) is 0 Å². The minimum absolute atomic E-state index is 0.183. The third-order valence-corrected chi connectivity index (χ3v) is 3.31. The smallest absolute Gasteiger partial charge is 0.216 e. The van der Waals surface area contributed by atoms with Crippen LogP contribution < -0.4 is 5.32 Å². The van der Waals surface area contributed by atoms with Gasteiger partial charge in [-0.15, -0.1) is 0 Å². The molecule has 0 radical (unpaired) electrons. The molecular weight excluding hydrogens is 277 g/mol. The first-order valence-electron chi connectivity index (χ1n) is 5.48. The number of benzene rings is 1. The molecule has 0 spiro atoms. The Morgan fingerprint density at radius 2 is 2.06 bits per heavy atom. The van der Waals surface area contributed by atoms with E-state index in [-0.39, 0.29) is 23.9 Å². The van der Waals surface area contributed by atoms with Gasteiger partial charge in [0.2, 0.25) is 5.91 Å². The summed E-state index contributed by atoms with van der Waals surface area (Å²) in [5.74, 6) is -0.183. The summed E-state index contributed by atoms with van der Waals surface area (Å²) in [5.41, 5.74) is 0.375. The highest BCUT2D eigenvalue weighted by Gasteiger charge is 2.21. The number of carbonyl (C=O) groups excluding carboxylic acids is 1. The van der Waals surface area contributed by atoms with Gasteiger partial charge in [0.1, 0.15) is 6.10 Å². The molecule has 0 aliphatic rings. The fraction of sp³-hybridized carbons (Fsp3) is 0.417. The van der Waals surface area contributed by atoms with Gasteiger partial charge in [-0.1, -0.05) is 35.3 Å². The van der Waals surface area contributed by atoms with Crippen LogP contribution in [-0.2, 0) is 4.79 Å². The van der Waals surface area contributed by atoms with Crippen molar-refractivity contribution in [3.05, 3.63) is 33.8 Å². The SMILES string of the molecule is CC(=O)NCCC(O)C(O)c1cccc(Cl)c1Cl. The summed E-state index contributed by atoms with van der Waals surface area (Å²) < 4.78 is 0. The van der Waals surface area contributed by atoms with E-state index in [0.29, 0.717) is 10.6 Å². The molecule has 2 atom stereocenters. The first kappa shape index (κ1) is 15.2. The van der Waals surface area contributed by atoms with E-state index in [1.807, 2.05) is 0 Å². The van der Waals surface area contributed by atoms with Crippen molar-refractivity contribution in [1.82, 2.24) is 5.32 Å². The average molecular weight is 292 g/mol. The highest BCUT2D eigenvalue weighted by Crippen LogP contribution is 2.31. The summed E-state index contributed by atoms with van der Waals surface area (Å²) >= 11 is 11.8. The third kappa shape index (κ3) is 4.14. The van der Waals surface area contributed by atoms with Crippen LogP contribution in [0.3, 0.4) is 0 Å². The Morgan fingerprint density at radius 3 is 2.67 bits per heavy atom. The van der Waals surface area contributed by atoms with E-state index in [9.17, 15) is 15.0 Å². The van der Waals surface area contributed by atoms with Gasteiger partial charge in [-0.3, -0.25) is 4.79 Å². The zero-order valence-electron chi connectivity index (χ0n) is 9.86. The molecule has 2 unspecified atom stereocenters. The molecule has 1 aromatic rings. The van der Waals surface area contributed by atoms with Crippen molar-refractivity contribution >= 4 is 29.1 Å². The van der Waals surface area contributed by atoms with E-state index >= 15 is 0 Å². The summed E-state index contributed by atoms with van der Waals surface area (Å²) in [4.78, 5) is 10.7. The van der Waals surface area contributed by atoms with Crippen LogP contribution in [0, 0.1) is 0 Å². The molecule has 4 nitrogen and oxygen atoms in total. The monoisotopic (exact) mass is 291 g/mol. The van der Waals surface area contributed by atoms with Crippen LogP contribution >= 0.6 is 23.2 Å². The fourth-order valence-corrected chi connectivity index (χ4v) is 1.93. The lowest BCUT2D eigenvalue weighted by molar-refractivity contribution is -0.119. The molecule has 3 N–H and O–H groups in total. The average Bonchev–Trinajstić information content (AvgIpc) is 2.31. The predicted molar refractivity (Wildman–Crippen MR) is 70.7 cm³/mol. The van der Waals surface area contributed by atoms with E-state index in [4.69, 9.17) is 23.2 Å². The Bertz CT molecular complexity index is 426. The molecule has 0 fully saturated rings. The van der Waals surface area contributed by atoms with Crippen LogP contribution in [0.25, 0.3) is 0 Å². The molecular formula is C12H15Cl2NO3. The zero-order chi connectivity index (χ0) is 13.7. The molecule has 0 aromatic heterocycles. The van der Waals surface area contributed by atoms with Crippen molar-refractivity contribution in [2.75, 3.05) is 6.54 Å². The molecule has 0 heterocycles. The molecule has 1 amide bonds. The lowest BCUT2D eigenvalue weighted by atomic mass is 10.0. The molecule has 6 heteroatoms. The topological polar surface area (TPSA) is 69.6 Å². The van der Waals surface area contributed by atoms with Gasteiger partial charge < -0.3 is 15.5 Å². The fourth-order valence-electron chi connectivity index (χ4n) is 1.51. The normalized spacial score (nSPS) is 14.1. The van der Waals surface area contributed by atoms with Crippen LogP contribution in [-0.4, -0.2) is 28.8 Å². The van der Waals surface area contributed by atoms with Crippen LogP contribution in [0.5, 0.6) is 0 Å². The number of hydrogen-bond acceptors (Lipinski definition) is 3. The van der Waals surface area contributed by atoms with Crippen molar-refractivity contribution in [2.24, 2.45) is 0 Å². The Kier molecular flexibility index (Phi) is 5.88. The molecule has 0 aliphatic carbocycles.